The van der Waals surface area contributed by atoms with Crippen molar-refractivity contribution in [2.24, 2.45) is 0 Å². The molecule has 76 heavy (non-hydrogen) atoms. The highest BCUT2D eigenvalue weighted by atomic mass is 16.6. The van der Waals surface area contributed by atoms with E-state index in [4.69, 9.17) is 14.2 Å². The van der Waals surface area contributed by atoms with Crippen molar-refractivity contribution in [1.82, 2.24) is 0 Å². The first-order chi connectivity index (χ1) is 37.5. The Bertz CT molecular complexity index is 1450. The fourth-order valence-electron chi connectivity index (χ4n) is 9.33. The van der Waals surface area contributed by atoms with Gasteiger partial charge in [0.2, 0.25) is 0 Å². The number of unbranched alkanes of at least 4 members (excludes halogenated alkanes) is 34. The quantitative estimate of drug-likeness (QED) is 0.0261. The van der Waals surface area contributed by atoms with Crippen molar-refractivity contribution in [3.05, 3.63) is 85.1 Å². The predicted molar refractivity (Wildman–Crippen MR) is 330 cm³/mol. The standard InChI is InChI=1S/C70H122O6/c1-4-7-10-13-16-19-22-25-27-28-29-30-31-32-33-34-35-36-37-38-39-40-41-42-43-46-48-51-54-57-60-63-69(72)75-66-67(65-74-68(71)62-59-56-53-50-47-44-24-21-18-15-12-9-6-3)76-70(73)64-61-58-55-52-49-45-26-23-20-17-14-11-8-5-2/h7,9-10,12,16,18-19,21,25,27,29-30,44,47,67H,4-6,8,11,13-15,17,20,22-24,26,28,31-43,45-46,48-66H2,1-3H3/b10-7-,12-9-,19-16-,21-18-,27-25-,30-29-,47-44-. The van der Waals surface area contributed by atoms with E-state index >= 15 is 0 Å². The molecule has 0 aromatic carbocycles. The van der Waals surface area contributed by atoms with Crippen molar-refractivity contribution < 1.29 is 28.6 Å². The maximum Gasteiger partial charge on any atom is 0.306 e. The van der Waals surface area contributed by atoms with Gasteiger partial charge in [-0.2, -0.15) is 0 Å². The lowest BCUT2D eigenvalue weighted by molar-refractivity contribution is -0.167. The normalized spacial score (nSPS) is 12.6. The molecule has 0 saturated heterocycles. The monoisotopic (exact) mass is 1060 g/mol. The Kier molecular flexibility index (Phi) is 61.2. The van der Waals surface area contributed by atoms with E-state index in [1.54, 1.807) is 0 Å². The Morgan fingerprint density at radius 3 is 0.816 bits per heavy atom. The molecule has 0 amide bonds. The van der Waals surface area contributed by atoms with E-state index in [-0.39, 0.29) is 31.1 Å². The Labute approximate surface area is 471 Å². The third-order valence-corrected chi connectivity index (χ3v) is 14.1. The average Bonchev–Trinajstić information content (AvgIpc) is 3.42. The lowest BCUT2D eigenvalue weighted by Gasteiger charge is -2.18. The minimum Gasteiger partial charge on any atom is -0.462 e. The molecule has 0 radical (unpaired) electrons. The molecule has 0 aliphatic rings. The number of esters is 3. The van der Waals surface area contributed by atoms with Gasteiger partial charge in [-0.25, -0.2) is 0 Å². The molecule has 6 heteroatoms. The molecule has 0 heterocycles. The fourth-order valence-corrected chi connectivity index (χ4v) is 9.33. The largest absolute Gasteiger partial charge is 0.462 e. The van der Waals surface area contributed by atoms with Gasteiger partial charge < -0.3 is 14.2 Å². The van der Waals surface area contributed by atoms with E-state index in [0.717, 1.165) is 109 Å². The van der Waals surface area contributed by atoms with Crippen LogP contribution in [0.15, 0.2) is 85.1 Å². The van der Waals surface area contributed by atoms with E-state index in [2.05, 4.69) is 106 Å². The zero-order valence-electron chi connectivity index (χ0n) is 50.3. The number of rotatable bonds is 59. The Hall–Kier alpha value is -3.41. The van der Waals surface area contributed by atoms with Gasteiger partial charge in [0.15, 0.2) is 6.10 Å². The minimum atomic E-state index is -0.785. The summed E-state index contributed by atoms with van der Waals surface area (Å²) in [5.41, 5.74) is 0. The first-order valence-corrected chi connectivity index (χ1v) is 32.6. The molecule has 1 unspecified atom stereocenters. The summed E-state index contributed by atoms with van der Waals surface area (Å²) in [4.78, 5) is 38.2. The van der Waals surface area contributed by atoms with Crippen LogP contribution in [0.1, 0.15) is 323 Å². The second-order valence-electron chi connectivity index (χ2n) is 21.6. The van der Waals surface area contributed by atoms with Crippen LogP contribution in [0.25, 0.3) is 0 Å². The second kappa shape index (κ2) is 64.1. The summed E-state index contributed by atoms with van der Waals surface area (Å²) < 4.78 is 16.9. The molecule has 0 N–H and O–H groups in total. The van der Waals surface area contributed by atoms with Gasteiger partial charge in [-0.3, -0.25) is 14.4 Å². The zero-order valence-corrected chi connectivity index (χ0v) is 50.3. The molecule has 0 rings (SSSR count). The molecule has 0 fully saturated rings. The smallest absolute Gasteiger partial charge is 0.306 e. The molecule has 0 aromatic heterocycles. The van der Waals surface area contributed by atoms with Crippen LogP contribution >= 0.6 is 0 Å². The summed E-state index contributed by atoms with van der Waals surface area (Å²) in [6.07, 6.45) is 84.7. The highest BCUT2D eigenvalue weighted by molar-refractivity contribution is 5.71. The molecular formula is C70H122O6. The van der Waals surface area contributed by atoms with Gasteiger partial charge in [0.25, 0.3) is 0 Å². The van der Waals surface area contributed by atoms with Crippen LogP contribution in [0, 0.1) is 0 Å². The highest BCUT2D eigenvalue weighted by Gasteiger charge is 2.19. The topological polar surface area (TPSA) is 78.9 Å². The first kappa shape index (κ1) is 72.6. The van der Waals surface area contributed by atoms with E-state index < -0.39 is 6.10 Å². The molecular weight excluding hydrogens is 937 g/mol. The number of hydrogen-bond donors (Lipinski definition) is 0. The maximum absolute atomic E-state index is 12.9. The molecule has 0 aliphatic carbocycles. The van der Waals surface area contributed by atoms with Crippen molar-refractivity contribution in [3.63, 3.8) is 0 Å². The van der Waals surface area contributed by atoms with E-state index in [9.17, 15) is 14.4 Å². The van der Waals surface area contributed by atoms with Crippen molar-refractivity contribution >= 4 is 17.9 Å². The third-order valence-electron chi connectivity index (χ3n) is 14.1. The van der Waals surface area contributed by atoms with Crippen molar-refractivity contribution in [3.8, 4) is 0 Å². The number of carbonyl (C=O) groups excluding carboxylic acids is 3. The summed E-state index contributed by atoms with van der Waals surface area (Å²) in [5.74, 6) is -0.896. The van der Waals surface area contributed by atoms with Crippen LogP contribution < -0.4 is 0 Å². The minimum absolute atomic E-state index is 0.0812. The predicted octanol–water partition coefficient (Wildman–Crippen LogP) is 22.3. The molecule has 0 aliphatic heterocycles. The third kappa shape index (κ3) is 61.4. The zero-order chi connectivity index (χ0) is 55.0. The Morgan fingerprint density at radius 2 is 0.513 bits per heavy atom. The van der Waals surface area contributed by atoms with Crippen LogP contribution in [0.2, 0.25) is 0 Å². The number of hydrogen-bond acceptors (Lipinski definition) is 6. The summed E-state index contributed by atoms with van der Waals surface area (Å²) in [5, 5.41) is 0. The molecule has 0 bridgehead atoms. The Morgan fingerprint density at radius 1 is 0.276 bits per heavy atom. The van der Waals surface area contributed by atoms with Gasteiger partial charge in [0.05, 0.1) is 0 Å². The first-order valence-electron chi connectivity index (χ1n) is 32.6. The van der Waals surface area contributed by atoms with Crippen LogP contribution in [-0.4, -0.2) is 37.2 Å². The van der Waals surface area contributed by atoms with Gasteiger partial charge >= 0.3 is 17.9 Å². The van der Waals surface area contributed by atoms with Crippen molar-refractivity contribution in [2.45, 2.75) is 329 Å². The van der Waals surface area contributed by atoms with E-state index in [1.165, 1.54) is 173 Å². The van der Waals surface area contributed by atoms with E-state index in [1.807, 2.05) is 0 Å². The van der Waals surface area contributed by atoms with Crippen LogP contribution in [0.4, 0.5) is 0 Å². The molecule has 438 valence electrons. The van der Waals surface area contributed by atoms with Gasteiger partial charge in [0, 0.05) is 19.3 Å². The maximum atomic E-state index is 12.9. The van der Waals surface area contributed by atoms with Crippen LogP contribution in [-0.2, 0) is 28.6 Å². The molecule has 1 atom stereocenters. The summed E-state index contributed by atoms with van der Waals surface area (Å²) in [6.45, 7) is 6.42. The molecule has 0 aromatic rings. The molecule has 0 saturated carbocycles. The molecule has 0 spiro atoms. The fraction of sp³-hybridized carbons (Fsp3) is 0.757. The number of ether oxygens (including phenoxy) is 3. The van der Waals surface area contributed by atoms with Gasteiger partial charge in [0.1, 0.15) is 13.2 Å². The lowest BCUT2D eigenvalue weighted by atomic mass is 10.0. The van der Waals surface area contributed by atoms with Crippen molar-refractivity contribution in [2.75, 3.05) is 13.2 Å². The lowest BCUT2D eigenvalue weighted by Crippen LogP contribution is -2.30. The second-order valence-corrected chi connectivity index (χ2v) is 21.6. The average molecular weight is 1060 g/mol. The van der Waals surface area contributed by atoms with Crippen LogP contribution in [0.5, 0.6) is 0 Å². The summed E-state index contributed by atoms with van der Waals surface area (Å²) >= 11 is 0. The van der Waals surface area contributed by atoms with Gasteiger partial charge in [-0.15, -0.1) is 0 Å². The summed E-state index contributed by atoms with van der Waals surface area (Å²) in [6, 6.07) is 0. The highest BCUT2D eigenvalue weighted by Crippen LogP contribution is 2.17. The summed E-state index contributed by atoms with van der Waals surface area (Å²) in [7, 11) is 0. The van der Waals surface area contributed by atoms with E-state index in [0.29, 0.717) is 19.3 Å². The SMILES string of the molecule is CC/C=C\C/C=C\C/C=C\C/C=C\CCCCCCCCCCCCCCCCCCCCC(=O)OCC(COC(=O)CCCCC/C=C\C/C=C\C/C=C\CC)OC(=O)CCCCCCCCCCCCCCCC. The molecule has 6 nitrogen and oxygen atoms in total. The Balaban J connectivity index is 4.15. The van der Waals surface area contributed by atoms with Gasteiger partial charge in [-0.05, 0) is 89.9 Å². The van der Waals surface area contributed by atoms with Gasteiger partial charge in [-0.1, -0.05) is 298 Å². The van der Waals surface area contributed by atoms with Crippen molar-refractivity contribution in [1.29, 1.82) is 0 Å². The number of carbonyl (C=O) groups is 3. The van der Waals surface area contributed by atoms with Crippen LogP contribution in [0.3, 0.4) is 0 Å². The number of allylic oxidation sites excluding steroid dienone is 14.